The number of aromatic hydroxyl groups is 3. The first-order chi connectivity index (χ1) is 12.7. The Morgan fingerprint density at radius 1 is 1.15 bits per heavy atom. The summed E-state index contributed by atoms with van der Waals surface area (Å²) < 4.78 is 5.08. The Balaban J connectivity index is 2.30. The summed E-state index contributed by atoms with van der Waals surface area (Å²) in [6, 6.07) is 6.73. The summed E-state index contributed by atoms with van der Waals surface area (Å²) in [4.78, 5) is 11.8. The average molecular weight is 376 g/mol. The standard InChI is InChI=1S/C19H20O8/c1-27-16-6-9(2-3-13(16)21)17-11-7-15(23)14(22)5-10(11)4-12(18(24)25)19(17,26)8-20/h2-3,5-7,12,17,20-23,26H,4,8H2,1H3,(H,24,25). The third-order valence-corrected chi connectivity index (χ3v) is 5.16. The summed E-state index contributed by atoms with van der Waals surface area (Å²) >= 11 is 0. The lowest BCUT2D eigenvalue weighted by atomic mass is 9.63. The predicted octanol–water partition coefficient (Wildman–Crippen LogP) is 0.924. The van der Waals surface area contributed by atoms with Crippen molar-refractivity contribution in [3.05, 3.63) is 47.0 Å². The lowest BCUT2D eigenvalue weighted by molar-refractivity contribution is -0.158. The molecule has 0 aliphatic heterocycles. The molecule has 0 bridgehead atoms. The molecule has 1 aliphatic carbocycles. The minimum atomic E-state index is -2.08. The van der Waals surface area contributed by atoms with Gasteiger partial charge in [0.05, 0.1) is 19.6 Å². The van der Waals surface area contributed by atoms with E-state index < -0.39 is 41.5 Å². The predicted molar refractivity (Wildman–Crippen MR) is 93.1 cm³/mol. The van der Waals surface area contributed by atoms with Crippen LogP contribution in [0.5, 0.6) is 23.0 Å². The first-order valence-electron chi connectivity index (χ1n) is 8.20. The Labute approximate surface area is 154 Å². The van der Waals surface area contributed by atoms with Gasteiger partial charge in [-0.05, 0) is 47.4 Å². The van der Waals surface area contributed by atoms with E-state index in [9.17, 15) is 35.4 Å². The molecule has 6 N–H and O–H groups in total. The van der Waals surface area contributed by atoms with Crippen LogP contribution in [0.15, 0.2) is 30.3 Å². The van der Waals surface area contributed by atoms with E-state index in [2.05, 4.69) is 0 Å². The van der Waals surface area contributed by atoms with Crippen LogP contribution in [0, 0.1) is 5.92 Å². The highest BCUT2D eigenvalue weighted by Crippen LogP contribution is 2.49. The van der Waals surface area contributed by atoms with Gasteiger partial charge in [-0.2, -0.15) is 0 Å². The number of carboxylic acid groups (broad SMARTS) is 1. The van der Waals surface area contributed by atoms with E-state index in [4.69, 9.17) is 4.74 Å². The van der Waals surface area contributed by atoms with Gasteiger partial charge in [0.1, 0.15) is 5.60 Å². The number of hydrogen-bond donors (Lipinski definition) is 6. The van der Waals surface area contributed by atoms with Crippen LogP contribution in [0.1, 0.15) is 22.6 Å². The molecule has 27 heavy (non-hydrogen) atoms. The third kappa shape index (κ3) is 2.92. The molecule has 8 heteroatoms. The topological polar surface area (TPSA) is 148 Å². The molecule has 8 nitrogen and oxygen atoms in total. The summed E-state index contributed by atoms with van der Waals surface area (Å²) in [6.07, 6.45) is -0.138. The van der Waals surface area contributed by atoms with E-state index >= 15 is 0 Å². The summed E-state index contributed by atoms with van der Waals surface area (Å²) in [5.74, 6) is -4.59. The zero-order valence-electron chi connectivity index (χ0n) is 14.5. The van der Waals surface area contributed by atoms with E-state index in [1.54, 1.807) is 0 Å². The molecule has 2 aromatic rings. The number of carbonyl (C=O) groups is 1. The van der Waals surface area contributed by atoms with E-state index in [-0.39, 0.29) is 17.9 Å². The van der Waals surface area contributed by atoms with Gasteiger partial charge in [0, 0.05) is 5.92 Å². The number of ether oxygens (including phenoxy) is 1. The maximum Gasteiger partial charge on any atom is 0.309 e. The minimum Gasteiger partial charge on any atom is -0.504 e. The smallest absolute Gasteiger partial charge is 0.309 e. The number of aliphatic hydroxyl groups is 2. The Morgan fingerprint density at radius 2 is 1.81 bits per heavy atom. The number of carboxylic acids is 1. The normalized spacial score (nSPS) is 24.3. The first kappa shape index (κ1) is 18.8. The van der Waals surface area contributed by atoms with Crippen LogP contribution < -0.4 is 4.74 Å². The van der Waals surface area contributed by atoms with Crippen LogP contribution in [0.4, 0.5) is 0 Å². The maximum absolute atomic E-state index is 11.8. The molecule has 0 radical (unpaired) electrons. The summed E-state index contributed by atoms with van der Waals surface area (Å²) in [7, 11) is 1.34. The van der Waals surface area contributed by atoms with Crippen molar-refractivity contribution in [2.24, 2.45) is 5.92 Å². The van der Waals surface area contributed by atoms with Crippen LogP contribution in [0.3, 0.4) is 0 Å². The van der Waals surface area contributed by atoms with Crippen molar-refractivity contribution < 1.29 is 40.2 Å². The van der Waals surface area contributed by atoms with Crippen LogP contribution in [0.25, 0.3) is 0 Å². The van der Waals surface area contributed by atoms with Crippen molar-refractivity contribution in [1.82, 2.24) is 0 Å². The van der Waals surface area contributed by atoms with Gasteiger partial charge in [-0.15, -0.1) is 0 Å². The lowest BCUT2D eigenvalue weighted by Gasteiger charge is -2.44. The molecule has 0 amide bonds. The Morgan fingerprint density at radius 3 is 2.41 bits per heavy atom. The Hall–Kier alpha value is -2.97. The van der Waals surface area contributed by atoms with Gasteiger partial charge in [-0.1, -0.05) is 6.07 Å². The number of phenolic OH excluding ortho intramolecular Hbond substituents is 3. The molecule has 0 aromatic heterocycles. The number of benzene rings is 2. The van der Waals surface area contributed by atoms with Gasteiger partial charge in [-0.3, -0.25) is 4.79 Å². The highest BCUT2D eigenvalue weighted by molar-refractivity contribution is 5.74. The first-order valence-corrected chi connectivity index (χ1v) is 8.20. The van der Waals surface area contributed by atoms with Crippen LogP contribution in [-0.2, 0) is 11.2 Å². The second-order valence-electron chi connectivity index (χ2n) is 6.65. The molecule has 144 valence electrons. The molecule has 0 saturated carbocycles. The zero-order chi connectivity index (χ0) is 19.9. The fourth-order valence-corrected chi connectivity index (χ4v) is 3.79. The fourth-order valence-electron chi connectivity index (χ4n) is 3.79. The molecule has 0 saturated heterocycles. The number of hydrogen-bond acceptors (Lipinski definition) is 7. The van der Waals surface area contributed by atoms with Gasteiger partial charge in [0.15, 0.2) is 23.0 Å². The van der Waals surface area contributed by atoms with Gasteiger partial charge in [-0.25, -0.2) is 0 Å². The van der Waals surface area contributed by atoms with E-state index in [0.717, 1.165) is 0 Å². The minimum absolute atomic E-state index is 0.106. The van der Waals surface area contributed by atoms with Crippen LogP contribution in [-0.4, -0.2) is 55.9 Å². The van der Waals surface area contributed by atoms with Gasteiger partial charge >= 0.3 is 5.97 Å². The molecule has 2 aromatic carbocycles. The number of aliphatic carboxylic acids is 1. The highest BCUT2D eigenvalue weighted by atomic mass is 16.5. The zero-order valence-corrected chi connectivity index (χ0v) is 14.5. The van der Waals surface area contributed by atoms with Crippen molar-refractivity contribution in [2.45, 2.75) is 17.9 Å². The van der Waals surface area contributed by atoms with Crippen molar-refractivity contribution in [2.75, 3.05) is 13.7 Å². The highest BCUT2D eigenvalue weighted by Gasteiger charge is 2.52. The summed E-state index contributed by atoms with van der Waals surface area (Å²) in [5.41, 5.74) is -0.914. The molecular formula is C19H20O8. The number of phenols is 3. The molecule has 1 aliphatic rings. The van der Waals surface area contributed by atoms with Crippen molar-refractivity contribution in [3.8, 4) is 23.0 Å². The molecule has 3 unspecified atom stereocenters. The molecule has 3 atom stereocenters. The van der Waals surface area contributed by atoms with Crippen LogP contribution >= 0.6 is 0 Å². The van der Waals surface area contributed by atoms with Crippen LogP contribution in [0.2, 0.25) is 0 Å². The fraction of sp³-hybridized carbons (Fsp3) is 0.316. The monoisotopic (exact) mass is 376 g/mol. The van der Waals surface area contributed by atoms with E-state index in [1.807, 2.05) is 0 Å². The molecule has 0 fully saturated rings. The number of fused-ring (bicyclic) bond motifs is 1. The second-order valence-corrected chi connectivity index (χ2v) is 6.65. The second kappa shape index (κ2) is 6.64. The lowest BCUT2D eigenvalue weighted by Crippen LogP contribution is -2.54. The van der Waals surface area contributed by atoms with Gasteiger partial charge in [0.25, 0.3) is 0 Å². The van der Waals surface area contributed by atoms with E-state index in [0.29, 0.717) is 16.7 Å². The summed E-state index contributed by atoms with van der Waals surface area (Å²) in [5, 5.41) is 60.3. The number of methoxy groups -OCH3 is 1. The molecular weight excluding hydrogens is 356 g/mol. The Kier molecular flexibility index (Phi) is 4.63. The molecule has 0 spiro atoms. The quantitative estimate of drug-likeness (QED) is 0.432. The number of aliphatic hydroxyl groups excluding tert-OH is 1. The van der Waals surface area contributed by atoms with Crippen molar-refractivity contribution in [1.29, 1.82) is 0 Å². The number of rotatable bonds is 4. The summed E-state index contributed by atoms with van der Waals surface area (Å²) in [6.45, 7) is -0.848. The van der Waals surface area contributed by atoms with Crippen molar-refractivity contribution >= 4 is 5.97 Å². The van der Waals surface area contributed by atoms with Crippen molar-refractivity contribution in [3.63, 3.8) is 0 Å². The third-order valence-electron chi connectivity index (χ3n) is 5.16. The molecule has 0 heterocycles. The molecule has 3 rings (SSSR count). The maximum atomic E-state index is 11.8. The van der Waals surface area contributed by atoms with E-state index in [1.165, 1.54) is 37.4 Å². The average Bonchev–Trinajstić information content (AvgIpc) is 2.63. The van der Waals surface area contributed by atoms with Gasteiger partial charge in [0.2, 0.25) is 0 Å². The Bertz CT molecular complexity index is 894. The van der Waals surface area contributed by atoms with Gasteiger partial charge < -0.3 is 35.4 Å². The largest absolute Gasteiger partial charge is 0.504 e. The SMILES string of the molecule is COc1cc(C2c3cc(O)c(O)cc3CC(C(=O)O)C2(O)CO)ccc1O.